The van der Waals surface area contributed by atoms with Crippen LogP contribution in [0.2, 0.25) is 0 Å². The standard InChI is InChI=1S/C28H54O4/c1-2-3-4-5-6-7-8-9-10-13-16-19-22-25-28(31)32-26-23-20-17-14-11-12-15-18-21-24-27(29)30/h2-26H2,1H3,(H,29,30). The summed E-state index contributed by atoms with van der Waals surface area (Å²) in [5.41, 5.74) is 0. The van der Waals surface area contributed by atoms with Crippen molar-refractivity contribution in [3.8, 4) is 0 Å². The van der Waals surface area contributed by atoms with E-state index in [4.69, 9.17) is 9.84 Å². The molecule has 0 aromatic heterocycles. The van der Waals surface area contributed by atoms with Gasteiger partial charge in [-0.1, -0.05) is 129 Å². The highest BCUT2D eigenvalue weighted by Crippen LogP contribution is 2.14. The van der Waals surface area contributed by atoms with Crippen LogP contribution in [-0.2, 0) is 14.3 Å². The number of carbonyl (C=O) groups excluding carboxylic acids is 1. The molecule has 0 aliphatic rings. The van der Waals surface area contributed by atoms with E-state index in [9.17, 15) is 9.59 Å². The minimum Gasteiger partial charge on any atom is -0.481 e. The van der Waals surface area contributed by atoms with Gasteiger partial charge in [0, 0.05) is 12.8 Å². The van der Waals surface area contributed by atoms with Crippen molar-refractivity contribution >= 4 is 11.9 Å². The van der Waals surface area contributed by atoms with Gasteiger partial charge in [-0.25, -0.2) is 0 Å². The Morgan fingerprint density at radius 2 is 0.844 bits per heavy atom. The Kier molecular flexibility index (Phi) is 25.3. The lowest BCUT2D eigenvalue weighted by Gasteiger charge is -2.06. The zero-order valence-corrected chi connectivity index (χ0v) is 21.3. The average molecular weight is 455 g/mol. The van der Waals surface area contributed by atoms with Gasteiger partial charge in [0.25, 0.3) is 0 Å². The molecule has 0 aromatic carbocycles. The summed E-state index contributed by atoms with van der Waals surface area (Å²) in [7, 11) is 0. The normalized spacial score (nSPS) is 11.0. The smallest absolute Gasteiger partial charge is 0.305 e. The molecular weight excluding hydrogens is 400 g/mol. The number of esters is 1. The number of aliphatic carboxylic acids is 1. The number of rotatable bonds is 26. The third-order valence-corrected chi connectivity index (χ3v) is 6.28. The first-order valence-corrected chi connectivity index (χ1v) is 14.0. The summed E-state index contributed by atoms with van der Waals surface area (Å²) in [6.07, 6.45) is 28.0. The van der Waals surface area contributed by atoms with E-state index in [2.05, 4.69) is 6.92 Å². The summed E-state index contributed by atoms with van der Waals surface area (Å²) in [5.74, 6) is -0.704. The number of hydrogen-bond acceptors (Lipinski definition) is 3. The maximum atomic E-state index is 11.8. The fourth-order valence-electron chi connectivity index (χ4n) is 4.16. The van der Waals surface area contributed by atoms with Crippen LogP contribution in [0.5, 0.6) is 0 Å². The van der Waals surface area contributed by atoms with E-state index in [1.165, 1.54) is 96.3 Å². The SMILES string of the molecule is CCCCCCCCCCCCCCCC(=O)OCCCCCCCCCCCC(=O)O. The minimum atomic E-state index is -0.685. The lowest BCUT2D eigenvalue weighted by molar-refractivity contribution is -0.144. The van der Waals surface area contributed by atoms with Crippen LogP contribution in [0.3, 0.4) is 0 Å². The molecule has 4 nitrogen and oxygen atoms in total. The lowest BCUT2D eigenvalue weighted by atomic mass is 10.0. The fraction of sp³-hybridized carbons (Fsp3) is 0.929. The molecule has 0 spiro atoms. The molecule has 0 atom stereocenters. The zero-order valence-electron chi connectivity index (χ0n) is 21.3. The molecule has 0 amide bonds. The van der Waals surface area contributed by atoms with Crippen molar-refractivity contribution in [2.24, 2.45) is 0 Å². The molecule has 0 heterocycles. The fourth-order valence-corrected chi connectivity index (χ4v) is 4.16. The average Bonchev–Trinajstić information content (AvgIpc) is 2.77. The number of carbonyl (C=O) groups is 2. The highest BCUT2D eigenvalue weighted by atomic mass is 16.5. The minimum absolute atomic E-state index is 0.0190. The van der Waals surface area contributed by atoms with Crippen LogP contribution < -0.4 is 0 Å². The Bertz CT molecular complexity index is 408. The van der Waals surface area contributed by atoms with Gasteiger partial charge in [0.1, 0.15) is 0 Å². The van der Waals surface area contributed by atoms with E-state index >= 15 is 0 Å². The number of ether oxygens (including phenoxy) is 1. The Morgan fingerprint density at radius 1 is 0.500 bits per heavy atom. The lowest BCUT2D eigenvalue weighted by Crippen LogP contribution is -2.05. The Balaban J connectivity index is 3.16. The highest BCUT2D eigenvalue weighted by molar-refractivity contribution is 5.69. The van der Waals surface area contributed by atoms with Gasteiger partial charge in [0.2, 0.25) is 0 Å². The van der Waals surface area contributed by atoms with Crippen LogP contribution in [0.1, 0.15) is 161 Å². The molecule has 4 heteroatoms. The van der Waals surface area contributed by atoms with Gasteiger partial charge >= 0.3 is 11.9 Å². The van der Waals surface area contributed by atoms with E-state index in [-0.39, 0.29) is 5.97 Å². The summed E-state index contributed by atoms with van der Waals surface area (Å²) in [6.45, 7) is 2.85. The predicted molar refractivity (Wildman–Crippen MR) is 135 cm³/mol. The van der Waals surface area contributed by atoms with Gasteiger partial charge in [-0.2, -0.15) is 0 Å². The molecule has 190 valence electrons. The molecule has 0 saturated carbocycles. The molecule has 0 rings (SSSR count). The summed E-state index contributed by atoms with van der Waals surface area (Å²) in [6, 6.07) is 0. The summed E-state index contributed by atoms with van der Waals surface area (Å²) < 4.78 is 5.35. The summed E-state index contributed by atoms with van der Waals surface area (Å²) in [5, 5.41) is 8.59. The first-order valence-electron chi connectivity index (χ1n) is 14.0. The third-order valence-electron chi connectivity index (χ3n) is 6.28. The molecule has 0 saturated heterocycles. The van der Waals surface area contributed by atoms with Gasteiger partial charge in [0.15, 0.2) is 0 Å². The van der Waals surface area contributed by atoms with E-state index in [0.717, 1.165) is 44.9 Å². The maximum absolute atomic E-state index is 11.8. The van der Waals surface area contributed by atoms with Crippen molar-refractivity contribution < 1.29 is 19.4 Å². The molecule has 32 heavy (non-hydrogen) atoms. The number of carboxylic acids is 1. The first-order chi connectivity index (χ1) is 15.7. The molecule has 0 unspecified atom stereocenters. The zero-order chi connectivity index (χ0) is 23.5. The largest absolute Gasteiger partial charge is 0.481 e. The Morgan fingerprint density at radius 3 is 1.25 bits per heavy atom. The van der Waals surface area contributed by atoms with Crippen LogP contribution >= 0.6 is 0 Å². The van der Waals surface area contributed by atoms with E-state index in [1.807, 2.05) is 0 Å². The van der Waals surface area contributed by atoms with Crippen LogP contribution in [0.25, 0.3) is 0 Å². The number of hydrogen-bond donors (Lipinski definition) is 1. The second-order valence-corrected chi connectivity index (χ2v) is 9.54. The van der Waals surface area contributed by atoms with Crippen molar-refractivity contribution in [3.05, 3.63) is 0 Å². The van der Waals surface area contributed by atoms with Gasteiger partial charge < -0.3 is 9.84 Å². The second kappa shape index (κ2) is 26.2. The number of carboxylic acid groups (broad SMARTS) is 1. The van der Waals surface area contributed by atoms with Gasteiger partial charge in [-0.15, -0.1) is 0 Å². The molecule has 0 radical (unpaired) electrons. The summed E-state index contributed by atoms with van der Waals surface area (Å²) >= 11 is 0. The molecular formula is C28H54O4. The second-order valence-electron chi connectivity index (χ2n) is 9.54. The maximum Gasteiger partial charge on any atom is 0.305 e. The van der Waals surface area contributed by atoms with Crippen molar-refractivity contribution in [1.82, 2.24) is 0 Å². The van der Waals surface area contributed by atoms with Crippen molar-refractivity contribution in [2.75, 3.05) is 6.61 Å². The van der Waals surface area contributed by atoms with E-state index in [0.29, 0.717) is 19.4 Å². The monoisotopic (exact) mass is 454 g/mol. The van der Waals surface area contributed by atoms with Gasteiger partial charge in [-0.05, 0) is 19.3 Å². The molecule has 0 aliphatic heterocycles. The van der Waals surface area contributed by atoms with Gasteiger partial charge in [-0.3, -0.25) is 9.59 Å². The van der Waals surface area contributed by atoms with Crippen molar-refractivity contribution in [3.63, 3.8) is 0 Å². The highest BCUT2D eigenvalue weighted by Gasteiger charge is 2.03. The topological polar surface area (TPSA) is 63.6 Å². The van der Waals surface area contributed by atoms with Crippen molar-refractivity contribution in [2.45, 2.75) is 161 Å². The molecule has 0 aromatic rings. The number of unbranched alkanes of at least 4 members (excludes halogenated alkanes) is 20. The molecule has 0 fully saturated rings. The first kappa shape index (κ1) is 30.9. The van der Waals surface area contributed by atoms with Crippen molar-refractivity contribution in [1.29, 1.82) is 0 Å². The van der Waals surface area contributed by atoms with Crippen LogP contribution in [0, 0.1) is 0 Å². The summed E-state index contributed by atoms with van der Waals surface area (Å²) in [4.78, 5) is 22.2. The third kappa shape index (κ3) is 27.0. The molecule has 0 aliphatic carbocycles. The molecule has 0 bridgehead atoms. The van der Waals surface area contributed by atoms with Crippen LogP contribution in [0.15, 0.2) is 0 Å². The van der Waals surface area contributed by atoms with E-state index < -0.39 is 5.97 Å². The Labute approximate surface area is 199 Å². The van der Waals surface area contributed by atoms with Gasteiger partial charge in [0.05, 0.1) is 6.61 Å². The quantitative estimate of drug-likeness (QED) is 0.105. The predicted octanol–water partition coefficient (Wildman–Crippen LogP) is 9.00. The Hall–Kier alpha value is -1.06. The molecule has 1 N–H and O–H groups in total. The van der Waals surface area contributed by atoms with Crippen LogP contribution in [0.4, 0.5) is 0 Å². The van der Waals surface area contributed by atoms with Crippen LogP contribution in [-0.4, -0.2) is 23.7 Å². The van der Waals surface area contributed by atoms with E-state index in [1.54, 1.807) is 0 Å².